The van der Waals surface area contributed by atoms with E-state index in [0.29, 0.717) is 0 Å². The fourth-order valence-electron chi connectivity index (χ4n) is 2.45. The maximum Gasteiger partial charge on any atom is 0.279 e. The highest BCUT2D eigenvalue weighted by Crippen LogP contribution is 2.18. The molecular weight excluding hydrogens is 449 g/mol. The van der Waals surface area contributed by atoms with Crippen LogP contribution in [0.1, 0.15) is 20.8 Å². The number of ether oxygens (including phenoxy) is 1. The predicted molar refractivity (Wildman–Crippen MR) is 113 cm³/mol. The molecule has 0 aliphatic heterocycles. The van der Waals surface area contributed by atoms with Gasteiger partial charge in [-0.05, 0) is 43.2 Å². The van der Waals surface area contributed by atoms with Crippen molar-refractivity contribution in [3.8, 4) is 5.75 Å². The van der Waals surface area contributed by atoms with Crippen molar-refractivity contribution in [2.75, 3.05) is 0 Å². The molecule has 1 unspecified atom stereocenters. The van der Waals surface area contributed by atoms with Crippen LogP contribution in [0.25, 0.3) is 0 Å². The van der Waals surface area contributed by atoms with Crippen molar-refractivity contribution in [1.82, 2.24) is 15.6 Å². The second kappa shape index (κ2) is 10.6. The van der Waals surface area contributed by atoms with Crippen molar-refractivity contribution in [2.45, 2.75) is 37.8 Å². The number of hydrogen-bond donors (Lipinski definition) is 3. The van der Waals surface area contributed by atoms with Gasteiger partial charge in [0.15, 0.2) is 17.7 Å². The molecule has 11 heteroatoms. The van der Waals surface area contributed by atoms with Gasteiger partial charge < -0.3 is 4.74 Å². The van der Waals surface area contributed by atoms with E-state index in [2.05, 4.69) is 15.6 Å². The minimum absolute atomic E-state index is 0.102. The van der Waals surface area contributed by atoms with Gasteiger partial charge in [0.25, 0.3) is 11.8 Å². The summed E-state index contributed by atoms with van der Waals surface area (Å²) in [6, 6.07) is 9.96. The topological polar surface area (TPSA) is 114 Å². The molecule has 31 heavy (non-hydrogen) atoms. The SMILES string of the molecule is CC(Oc1ccccc1F)C(=O)NNC(=O)[C@@H](NS(=O)(=O)c1cccc(Cl)c1)C(C)C. The van der Waals surface area contributed by atoms with Crippen molar-refractivity contribution in [2.24, 2.45) is 5.92 Å². The van der Waals surface area contributed by atoms with Gasteiger partial charge in [-0.2, -0.15) is 4.72 Å². The van der Waals surface area contributed by atoms with Gasteiger partial charge in [-0.25, -0.2) is 12.8 Å². The normalized spacial score (nSPS) is 13.4. The van der Waals surface area contributed by atoms with E-state index in [0.717, 1.165) is 0 Å². The van der Waals surface area contributed by atoms with Gasteiger partial charge in [-0.3, -0.25) is 20.4 Å². The summed E-state index contributed by atoms with van der Waals surface area (Å²) < 4.78 is 46.4. The minimum atomic E-state index is -4.05. The van der Waals surface area contributed by atoms with Crippen LogP contribution in [0.15, 0.2) is 53.4 Å². The van der Waals surface area contributed by atoms with Crippen LogP contribution < -0.4 is 20.3 Å². The molecule has 0 spiro atoms. The van der Waals surface area contributed by atoms with Crippen molar-refractivity contribution in [3.05, 3.63) is 59.4 Å². The third-order valence-electron chi connectivity index (χ3n) is 4.16. The Morgan fingerprint density at radius 1 is 1.00 bits per heavy atom. The summed E-state index contributed by atoms with van der Waals surface area (Å²) in [4.78, 5) is 24.6. The fraction of sp³-hybridized carbons (Fsp3) is 0.300. The summed E-state index contributed by atoms with van der Waals surface area (Å²) in [5, 5.41) is 0.226. The zero-order valence-electron chi connectivity index (χ0n) is 17.1. The Labute approximate surface area is 185 Å². The molecule has 0 bridgehead atoms. The molecule has 2 atom stereocenters. The zero-order chi connectivity index (χ0) is 23.2. The fourth-order valence-corrected chi connectivity index (χ4v) is 4.09. The second-order valence-electron chi connectivity index (χ2n) is 6.97. The summed E-state index contributed by atoms with van der Waals surface area (Å²) in [5.41, 5.74) is 4.32. The highest BCUT2D eigenvalue weighted by atomic mass is 35.5. The van der Waals surface area contributed by atoms with Crippen molar-refractivity contribution in [3.63, 3.8) is 0 Å². The number of halogens is 2. The van der Waals surface area contributed by atoms with E-state index in [1.807, 2.05) is 0 Å². The Morgan fingerprint density at radius 2 is 1.65 bits per heavy atom. The Bertz CT molecular complexity index is 1050. The lowest BCUT2D eigenvalue weighted by molar-refractivity contribution is -0.133. The van der Waals surface area contributed by atoms with Crippen molar-refractivity contribution >= 4 is 33.4 Å². The monoisotopic (exact) mass is 471 g/mol. The number of amides is 2. The molecule has 0 aliphatic carbocycles. The number of hydrogen-bond acceptors (Lipinski definition) is 5. The summed E-state index contributed by atoms with van der Waals surface area (Å²) in [6.45, 7) is 4.64. The molecule has 0 aromatic heterocycles. The number of nitrogens with one attached hydrogen (secondary N) is 3. The second-order valence-corrected chi connectivity index (χ2v) is 9.12. The predicted octanol–water partition coefficient (Wildman–Crippen LogP) is 2.40. The van der Waals surface area contributed by atoms with Crippen LogP contribution in [0.4, 0.5) is 4.39 Å². The molecular formula is C20H23ClFN3O5S. The molecule has 0 heterocycles. The van der Waals surface area contributed by atoms with Crippen molar-refractivity contribution < 1.29 is 27.1 Å². The summed E-state index contributed by atoms with van der Waals surface area (Å²) >= 11 is 5.84. The smallest absolute Gasteiger partial charge is 0.279 e. The van der Waals surface area contributed by atoms with Gasteiger partial charge in [0.1, 0.15) is 6.04 Å². The van der Waals surface area contributed by atoms with Gasteiger partial charge in [0.05, 0.1) is 4.90 Å². The lowest BCUT2D eigenvalue weighted by atomic mass is 10.1. The minimum Gasteiger partial charge on any atom is -0.478 e. The summed E-state index contributed by atoms with van der Waals surface area (Å²) in [5.74, 6) is -2.74. The molecule has 0 saturated heterocycles. The number of carbonyl (C=O) groups is 2. The average Bonchev–Trinajstić information content (AvgIpc) is 2.71. The van der Waals surface area contributed by atoms with E-state index in [9.17, 15) is 22.4 Å². The van der Waals surface area contributed by atoms with Crippen LogP contribution in [0, 0.1) is 11.7 Å². The lowest BCUT2D eigenvalue weighted by Gasteiger charge is -2.22. The van der Waals surface area contributed by atoms with Crippen LogP contribution in [-0.4, -0.2) is 32.4 Å². The molecule has 168 valence electrons. The van der Waals surface area contributed by atoms with E-state index in [-0.39, 0.29) is 15.7 Å². The molecule has 2 aromatic rings. The van der Waals surface area contributed by atoms with E-state index in [4.69, 9.17) is 16.3 Å². The quantitative estimate of drug-likeness (QED) is 0.511. The number of carbonyl (C=O) groups excluding carboxylic acids is 2. The molecule has 0 aliphatic rings. The summed E-state index contributed by atoms with van der Waals surface area (Å²) in [6.07, 6.45) is -1.13. The number of sulfonamides is 1. The van der Waals surface area contributed by atoms with Crippen LogP contribution >= 0.6 is 11.6 Å². The number of hydrazine groups is 1. The van der Waals surface area contributed by atoms with Gasteiger partial charge in [0.2, 0.25) is 10.0 Å². The van der Waals surface area contributed by atoms with E-state index < -0.39 is 45.7 Å². The molecule has 2 amide bonds. The molecule has 2 rings (SSSR count). The van der Waals surface area contributed by atoms with Crippen LogP contribution in [0.3, 0.4) is 0 Å². The largest absolute Gasteiger partial charge is 0.478 e. The van der Waals surface area contributed by atoms with E-state index in [1.54, 1.807) is 19.9 Å². The van der Waals surface area contributed by atoms with Crippen molar-refractivity contribution in [1.29, 1.82) is 0 Å². The van der Waals surface area contributed by atoms with Gasteiger partial charge in [-0.15, -0.1) is 0 Å². The summed E-state index contributed by atoms with van der Waals surface area (Å²) in [7, 11) is -4.05. The Hall–Kier alpha value is -2.69. The Morgan fingerprint density at radius 3 is 2.26 bits per heavy atom. The zero-order valence-corrected chi connectivity index (χ0v) is 18.6. The molecule has 8 nitrogen and oxygen atoms in total. The van der Waals surface area contributed by atoms with Gasteiger partial charge in [-0.1, -0.05) is 43.6 Å². The molecule has 0 saturated carbocycles. The maximum atomic E-state index is 13.6. The number of benzene rings is 2. The van der Waals surface area contributed by atoms with Gasteiger partial charge >= 0.3 is 0 Å². The Balaban J connectivity index is 2.00. The third kappa shape index (κ3) is 6.91. The van der Waals surface area contributed by atoms with Gasteiger partial charge in [0, 0.05) is 5.02 Å². The van der Waals surface area contributed by atoms with E-state index in [1.165, 1.54) is 49.4 Å². The third-order valence-corrected chi connectivity index (χ3v) is 5.83. The first-order valence-corrected chi connectivity index (χ1v) is 11.2. The highest BCUT2D eigenvalue weighted by molar-refractivity contribution is 7.89. The van der Waals surface area contributed by atoms with E-state index >= 15 is 0 Å². The molecule has 0 radical (unpaired) electrons. The molecule has 3 N–H and O–H groups in total. The average molecular weight is 472 g/mol. The standard InChI is InChI=1S/C20H23ClFN3O5S/c1-12(2)18(25-31(28,29)15-8-6-7-14(21)11-15)20(27)24-23-19(26)13(3)30-17-10-5-4-9-16(17)22/h4-13,18,25H,1-3H3,(H,23,26)(H,24,27)/t13?,18-/m0/s1. The highest BCUT2D eigenvalue weighted by Gasteiger charge is 2.29. The maximum absolute atomic E-state index is 13.6. The first-order chi connectivity index (χ1) is 14.5. The first kappa shape index (κ1) is 24.6. The lowest BCUT2D eigenvalue weighted by Crippen LogP contribution is -2.55. The number of rotatable bonds is 8. The van der Waals surface area contributed by atoms with Crippen LogP contribution in [0.2, 0.25) is 5.02 Å². The number of para-hydroxylation sites is 1. The molecule has 2 aromatic carbocycles. The Kier molecular flexibility index (Phi) is 8.37. The first-order valence-electron chi connectivity index (χ1n) is 9.30. The van der Waals surface area contributed by atoms with Crippen LogP contribution in [0.5, 0.6) is 5.75 Å². The van der Waals surface area contributed by atoms with Crippen LogP contribution in [-0.2, 0) is 19.6 Å². The molecule has 0 fully saturated rings.